The summed E-state index contributed by atoms with van der Waals surface area (Å²) in [7, 11) is 0. The maximum absolute atomic E-state index is 12.7. The van der Waals surface area contributed by atoms with Crippen LogP contribution in [-0.2, 0) is 12.8 Å². The molecule has 0 spiro atoms. The maximum atomic E-state index is 12.7. The van der Waals surface area contributed by atoms with E-state index in [0.29, 0.717) is 23.7 Å². The smallest absolute Gasteiger partial charge is 0.237 e. The van der Waals surface area contributed by atoms with E-state index in [-0.39, 0.29) is 6.03 Å². The molecule has 0 saturated carbocycles. The van der Waals surface area contributed by atoms with Crippen LogP contribution in [0.25, 0.3) is 0 Å². The number of carbonyl (C=O) groups excluding carboxylic acids is 1. The Bertz CT molecular complexity index is 944. The number of para-hydroxylation sites is 1. The zero-order valence-electron chi connectivity index (χ0n) is 15.6. The van der Waals surface area contributed by atoms with E-state index >= 15 is 0 Å². The van der Waals surface area contributed by atoms with Gasteiger partial charge in [0.2, 0.25) is 5.69 Å². The van der Waals surface area contributed by atoms with Crippen LogP contribution >= 0.6 is 11.6 Å². The topological polar surface area (TPSA) is 39.0 Å². The first kappa shape index (κ1) is 19.1. The summed E-state index contributed by atoms with van der Waals surface area (Å²) in [4.78, 5) is 17.4. The molecule has 1 aromatic carbocycles. The minimum Gasteiger partial charge on any atom is -0.237 e. The van der Waals surface area contributed by atoms with Crippen molar-refractivity contribution in [1.29, 1.82) is 0 Å². The Labute approximate surface area is 164 Å². The summed E-state index contributed by atoms with van der Waals surface area (Å²) in [5.41, 5.74) is 3.61. The summed E-state index contributed by atoms with van der Waals surface area (Å²) in [5.74, 6) is 0.936. The number of urea groups is 1. The van der Waals surface area contributed by atoms with Crippen molar-refractivity contribution < 1.29 is 18.5 Å². The number of hydrogen-bond acceptors (Lipinski definition) is 2. The van der Waals surface area contributed by atoms with Gasteiger partial charge in [-0.05, 0) is 42.9 Å². The van der Waals surface area contributed by atoms with Crippen molar-refractivity contribution in [1.82, 2.24) is 4.98 Å². The molecule has 6 heteroatoms. The molecular formula is C21H24ClN4O+3. The number of halogens is 1. The van der Waals surface area contributed by atoms with Crippen LogP contribution in [0.2, 0.25) is 5.02 Å². The Morgan fingerprint density at radius 3 is 2.81 bits per heavy atom. The highest BCUT2D eigenvalue weighted by Gasteiger charge is 2.33. The number of rotatable bonds is 4. The van der Waals surface area contributed by atoms with E-state index < -0.39 is 0 Å². The van der Waals surface area contributed by atoms with Crippen LogP contribution in [-0.4, -0.2) is 58.0 Å². The van der Waals surface area contributed by atoms with Crippen LogP contribution in [0.5, 0.6) is 0 Å². The molecule has 0 bridgehead atoms. The van der Waals surface area contributed by atoms with E-state index in [1.807, 2.05) is 29.7 Å². The number of fused-ring (bicyclic) bond motifs is 1. The Morgan fingerprint density at radius 2 is 2.07 bits per heavy atom. The third-order valence-corrected chi connectivity index (χ3v) is 5.09. The Balaban J connectivity index is 1.69. The second-order valence-corrected chi connectivity index (χ2v) is 7.19. The lowest BCUT2D eigenvalue weighted by Gasteiger charge is -2.12. The maximum Gasteiger partial charge on any atom is 0.676 e. The summed E-state index contributed by atoms with van der Waals surface area (Å²) in [6.07, 6.45) is 2.73. The van der Waals surface area contributed by atoms with Crippen LogP contribution in [0.15, 0.2) is 30.3 Å². The number of aromatic nitrogens is 1. The lowest BCUT2D eigenvalue weighted by Crippen LogP contribution is -2.28. The minimum absolute atomic E-state index is 0.317. The normalized spacial score (nSPS) is 13.2. The highest BCUT2D eigenvalue weighted by molar-refractivity contribution is 6.32. The fourth-order valence-electron chi connectivity index (χ4n) is 3.27. The molecule has 0 saturated heterocycles. The minimum atomic E-state index is -0.317. The largest absolute Gasteiger partial charge is 0.676 e. The number of aryl methyl sites for hydroxylation is 2. The van der Waals surface area contributed by atoms with Gasteiger partial charge in [0, 0.05) is 11.1 Å². The zero-order chi connectivity index (χ0) is 19.6. The molecule has 5 nitrogen and oxygen atoms in total. The third kappa shape index (κ3) is 4.03. The van der Waals surface area contributed by atoms with Crippen LogP contribution in [0.4, 0.5) is 16.3 Å². The molecule has 138 valence electrons. The second-order valence-electron chi connectivity index (χ2n) is 6.78. The summed E-state index contributed by atoms with van der Waals surface area (Å²) < 4.78 is 4.62. The quantitative estimate of drug-likeness (QED) is 0.595. The van der Waals surface area contributed by atoms with E-state index in [1.165, 1.54) is 14.7 Å². The summed E-state index contributed by atoms with van der Waals surface area (Å²) in [6, 6.07) is 9.27. The Kier molecular flexibility index (Phi) is 5.61. The molecule has 27 heavy (non-hydrogen) atoms. The monoisotopic (exact) mass is 383 g/mol. The molecule has 1 aliphatic heterocycles. The highest BCUT2D eigenvalue weighted by atomic mass is 35.5. The first-order chi connectivity index (χ1) is 12.9. The molecule has 2 amide bonds. The van der Waals surface area contributed by atoms with Gasteiger partial charge in [0.15, 0.2) is 12.2 Å². The molecule has 0 radical (unpaired) electrons. The van der Waals surface area contributed by atoms with Crippen LogP contribution in [0.1, 0.15) is 23.2 Å². The van der Waals surface area contributed by atoms with Crippen molar-refractivity contribution in [3.63, 3.8) is 0 Å². The van der Waals surface area contributed by atoms with E-state index in [2.05, 4.69) is 26.2 Å². The van der Waals surface area contributed by atoms with Crippen molar-refractivity contribution in [2.75, 3.05) is 13.1 Å². The molecule has 0 atom stereocenters. The first-order valence-corrected chi connectivity index (χ1v) is 9.31. The number of pyridine rings is 1. The molecule has 0 N–H and O–H groups in total. The second kappa shape index (κ2) is 7.92. The van der Waals surface area contributed by atoms with Gasteiger partial charge in [-0.3, -0.25) is 0 Å². The fourth-order valence-corrected chi connectivity index (χ4v) is 3.59. The van der Waals surface area contributed by atoms with Crippen molar-refractivity contribution in [3.8, 4) is 0 Å². The van der Waals surface area contributed by atoms with Gasteiger partial charge in [0.05, 0.1) is 19.7 Å². The van der Waals surface area contributed by atoms with Gasteiger partial charge in [-0.25, -0.2) is 4.58 Å². The molecule has 0 fully saturated rings. The zero-order valence-corrected chi connectivity index (χ0v) is 16.4. The SMILES string of the molecule is C=[N+](CCc1ccc2c(n1)[N+](=C)CCC2)C(=O)[N+](=C)c1c(C)cccc1Cl. The summed E-state index contributed by atoms with van der Waals surface area (Å²) in [6.45, 7) is 15.0. The van der Waals surface area contributed by atoms with Crippen molar-refractivity contribution in [2.24, 2.45) is 0 Å². The van der Waals surface area contributed by atoms with E-state index in [0.717, 1.165) is 36.5 Å². The molecule has 2 heterocycles. The first-order valence-electron chi connectivity index (χ1n) is 8.93. The number of hydrogen-bond donors (Lipinski definition) is 0. The molecule has 1 aromatic heterocycles. The van der Waals surface area contributed by atoms with Crippen molar-refractivity contribution in [3.05, 3.63) is 52.2 Å². The van der Waals surface area contributed by atoms with Gasteiger partial charge in [-0.15, -0.1) is 4.58 Å². The average Bonchev–Trinajstić information content (AvgIpc) is 2.65. The highest BCUT2D eigenvalue weighted by Crippen LogP contribution is 2.28. The lowest BCUT2D eigenvalue weighted by molar-refractivity contribution is -0.527. The Morgan fingerprint density at radius 1 is 1.30 bits per heavy atom. The van der Waals surface area contributed by atoms with Gasteiger partial charge in [0.25, 0.3) is 0 Å². The van der Waals surface area contributed by atoms with Crippen molar-refractivity contribution in [2.45, 2.75) is 26.2 Å². The number of benzene rings is 1. The van der Waals surface area contributed by atoms with E-state index in [1.54, 1.807) is 6.07 Å². The Hall–Kier alpha value is -2.66. The standard InChI is InChI=1S/C21H24ClN4O/c1-15-7-5-9-18(22)19(15)26(4)21(27)25(3)14-12-17-11-10-16-8-6-13-24(2)20(16)23-17/h5,7,9-11H,2-4,6,8,12-14H2,1H3/q+3. The summed E-state index contributed by atoms with van der Waals surface area (Å²) >= 11 is 6.23. The average molecular weight is 384 g/mol. The third-order valence-electron chi connectivity index (χ3n) is 4.79. The fraction of sp³-hybridized carbons (Fsp3) is 0.286. The molecule has 0 unspecified atom stereocenters. The van der Waals surface area contributed by atoms with Gasteiger partial charge < -0.3 is 0 Å². The summed E-state index contributed by atoms with van der Waals surface area (Å²) in [5, 5.41) is 0.485. The number of amides is 2. The molecule has 2 aromatic rings. The van der Waals surface area contributed by atoms with Crippen LogP contribution in [0, 0.1) is 6.92 Å². The van der Waals surface area contributed by atoms with Crippen molar-refractivity contribution >= 4 is 49.3 Å². The molecule has 1 aliphatic rings. The van der Waals surface area contributed by atoms with Crippen LogP contribution in [0.3, 0.4) is 0 Å². The van der Waals surface area contributed by atoms with E-state index in [4.69, 9.17) is 16.6 Å². The number of nitrogens with zero attached hydrogens (tertiary/aromatic N) is 4. The van der Waals surface area contributed by atoms with Gasteiger partial charge in [-0.1, -0.05) is 28.3 Å². The molecule has 0 aliphatic carbocycles. The molecule has 3 rings (SSSR count). The molecular weight excluding hydrogens is 360 g/mol. The number of carbonyl (C=O) groups is 1. The van der Waals surface area contributed by atoms with Gasteiger partial charge >= 0.3 is 11.8 Å². The van der Waals surface area contributed by atoms with Gasteiger partial charge in [0.1, 0.15) is 18.5 Å². The predicted molar refractivity (Wildman–Crippen MR) is 109 cm³/mol. The van der Waals surface area contributed by atoms with E-state index in [9.17, 15) is 4.79 Å². The predicted octanol–water partition coefficient (Wildman–Crippen LogP) is 3.75. The lowest BCUT2D eigenvalue weighted by atomic mass is 10.1. The van der Waals surface area contributed by atoms with Crippen LogP contribution < -0.4 is 0 Å². The van der Waals surface area contributed by atoms with Gasteiger partial charge in [-0.2, -0.15) is 4.79 Å².